The maximum absolute atomic E-state index is 12.3. The number of aldehydes is 1. The van der Waals surface area contributed by atoms with Crippen LogP contribution in [0.15, 0.2) is 42.5 Å². The maximum Gasteiger partial charge on any atom is 0.271 e. The van der Waals surface area contributed by atoms with Crippen molar-refractivity contribution in [3.63, 3.8) is 0 Å². The molecule has 0 radical (unpaired) electrons. The van der Waals surface area contributed by atoms with Crippen LogP contribution in [0, 0.1) is 10.1 Å². The Morgan fingerprint density at radius 1 is 1.24 bits per heavy atom. The largest absolute Gasteiger partial charge is 0.495 e. The average molecular weight is 344 g/mol. The third-order valence-corrected chi connectivity index (χ3v) is 3.37. The molecule has 0 saturated heterocycles. The molecule has 0 aromatic heterocycles. The van der Waals surface area contributed by atoms with E-state index in [1.54, 1.807) is 24.3 Å². The van der Waals surface area contributed by atoms with E-state index in [1.807, 2.05) is 0 Å². The zero-order valence-electron chi connectivity index (χ0n) is 13.6. The van der Waals surface area contributed by atoms with Crippen molar-refractivity contribution >= 4 is 23.6 Å². The van der Waals surface area contributed by atoms with Crippen molar-refractivity contribution < 1.29 is 24.0 Å². The summed E-state index contributed by atoms with van der Waals surface area (Å²) in [5, 5.41) is 13.4. The molecule has 0 unspecified atom stereocenters. The summed E-state index contributed by atoms with van der Waals surface area (Å²) in [5.41, 5.74) is 0.284. The Kier molecular flexibility index (Phi) is 5.67. The number of anilines is 1. The third-order valence-electron chi connectivity index (χ3n) is 3.37. The SMILES string of the molecule is COc1ccc([N+](=O)[O-])cc1NC(=O)[C@H](C)Oc1ccccc1C=O. The maximum atomic E-state index is 12.3. The fourth-order valence-electron chi connectivity index (χ4n) is 2.07. The van der Waals surface area contributed by atoms with E-state index < -0.39 is 16.9 Å². The van der Waals surface area contributed by atoms with Gasteiger partial charge in [0.1, 0.15) is 11.5 Å². The minimum Gasteiger partial charge on any atom is -0.495 e. The highest BCUT2D eigenvalue weighted by atomic mass is 16.6. The van der Waals surface area contributed by atoms with Crippen molar-refractivity contribution in [1.82, 2.24) is 0 Å². The Hall–Kier alpha value is -3.42. The third kappa shape index (κ3) is 4.31. The van der Waals surface area contributed by atoms with Gasteiger partial charge in [0.05, 0.1) is 23.3 Å². The van der Waals surface area contributed by atoms with Crippen LogP contribution in [-0.4, -0.2) is 30.3 Å². The van der Waals surface area contributed by atoms with Crippen molar-refractivity contribution in [1.29, 1.82) is 0 Å². The van der Waals surface area contributed by atoms with Crippen molar-refractivity contribution in [3.05, 3.63) is 58.1 Å². The Bertz CT molecular complexity index is 805. The Balaban J connectivity index is 2.17. The van der Waals surface area contributed by atoms with Crippen LogP contribution < -0.4 is 14.8 Å². The summed E-state index contributed by atoms with van der Waals surface area (Å²) < 4.78 is 10.6. The van der Waals surface area contributed by atoms with Crippen LogP contribution in [0.25, 0.3) is 0 Å². The van der Waals surface area contributed by atoms with Gasteiger partial charge in [0.2, 0.25) is 0 Å². The molecule has 0 aliphatic rings. The molecule has 25 heavy (non-hydrogen) atoms. The fourth-order valence-corrected chi connectivity index (χ4v) is 2.07. The van der Waals surface area contributed by atoms with Crippen LogP contribution in [-0.2, 0) is 4.79 Å². The van der Waals surface area contributed by atoms with E-state index in [9.17, 15) is 19.7 Å². The Morgan fingerprint density at radius 3 is 2.60 bits per heavy atom. The highest BCUT2D eigenvalue weighted by Gasteiger charge is 2.19. The lowest BCUT2D eigenvalue weighted by molar-refractivity contribution is -0.384. The van der Waals surface area contributed by atoms with Crippen molar-refractivity contribution in [2.75, 3.05) is 12.4 Å². The number of hydrogen-bond donors (Lipinski definition) is 1. The molecule has 8 nitrogen and oxygen atoms in total. The molecule has 0 spiro atoms. The van der Waals surface area contributed by atoms with Gasteiger partial charge in [-0.25, -0.2) is 0 Å². The number of ether oxygens (including phenoxy) is 2. The number of methoxy groups -OCH3 is 1. The van der Waals surface area contributed by atoms with Crippen LogP contribution in [0.3, 0.4) is 0 Å². The second kappa shape index (κ2) is 7.91. The van der Waals surface area contributed by atoms with E-state index in [2.05, 4.69) is 5.32 Å². The number of nitro benzene ring substituents is 1. The zero-order valence-corrected chi connectivity index (χ0v) is 13.6. The number of hydrogen-bond acceptors (Lipinski definition) is 6. The molecule has 0 fully saturated rings. The molecule has 8 heteroatoms. The molecule has 0 heterocycles. The van der Waals surface area contributed by atoms with E-state index in [1.165, 1.54) is 32.2 Å². The molecule has 0 saturated carbocycles. The Morgan fingerprint density at radius 2 is 1.96 bits per heavy atom. The molecule has 2 aromatic rings. The first-order valence-corrected chi connectivity index (χ1v) is 7.30. The van der Waals surface area contributed by atoms with Gasteiger partial charge in [-0.2, -0.15) is 0 Å². The van der Waals surface area contributed by atoms with Crippen molar-refractivity contribution in [3.8, 4) is 11.5 Å². The zero-order chi connectivity index (χ0) is 18.4. The van der Waals surface area contributed by atoms with Gasteiger partial charge >= 0.3 is 0 Å². The van der Waals surface area contributed by atoms with Gasteiger partial charge in [-0.3, -0.25) is 19.7 Å². The first-order chi connectivity index (χ1) is 12.0. The standard InChI is InChI=1S/C17H16N2O6/c1-11(25-15-6-4-3-5-12(15)10-20)17(21)18-14-9-13(19(22)23)7-8-16(14)24-2/h3-11H,1-2H3,(H,18,21)/t11-/m0/s1. The Labute approximate surface area is 143 Å². The van der Waals surface area contributed by atoms with E-state index >= 15 is 0 Å². The lowest BCUT2D eigenvalue weighted by atomic mass is 10.2. The molecular weight excluding hydrogens is 328 g/mol. The monoisotopic (exact) mass is 344 g/mol. The number of carbonyl (C=O) groups is 2. The molecule has 1 atom stereocenters. The number of para-hydroxylation sites is 1. The summed E-state index contributed by atoms with van der Waals surface area (Å²) in [4.78, 5) is 33.6. The van der Waals surface area contributed by atoms with Gasteiger partial charge in [-0.1, -0.05) is 12.1 Å². The second-order valence-corrected chi connectivity index (χ2v) is 5.05. The molecule has 0 aliphatic carbocycles. The number of nitro groups is 1. The van der Waals surface area contributed by atoms with Gasteiger partial charge in [-0.05, 0) is 25.1 Å². The number of non-ortho nitro benzene ring substituents is 1. The van der Waals surface area contributed by atoms with E-state index in [0.717, 1.165) is 0 Å². The van der Waals surface area contributed by atoms with Gasteiger partial charge in [0, 0.05) is 12.1 Å². The van der Waals surface area contributed by atoms with Crippen LogP contribution >= 0.6 is 0 Å². The molecule has 2 aromatic carbocycles. The minimum atomic E-state index is -0.940. The fraction of sp³-hybridized carbons (Fsp3) is 0.176. The van der Waals surface area contributed by atoms with Gasteiger partial charge < -0.3 is 14.8 Å². The summed E-state index contributed by atoms with van der Waals surface area (Å²) in [6.45, 7) is 1.50. The topological polar surface area (TPSA) is 108 Å². The second-order valence-electron chi connectivity index (χ2n) is 5.05. The predicted molar refractivity (Wildman–Crippen MR) is 90.2 cm³/mol. The number of carbonyl (C=O) groups excluding carboxylic acids is 2. The normalized spacial score (nSPS) is 11.3. The molecule has 1 amide bonds. The van der Waals surface area contributed by atoms with Crippen LogP contribution in [0.2, 0.25) is 0 Å². The molecule has 2 rings (SSSR count). The van der Waals surface area contributed by atoms with E-state index in [-0.39, 0.29) is 22.9 Å². The van der Waals surface area contributed by atoms with E-state index in [0.29, 0.717) is 11.8 Å². The molecule has 0 aliphatic heterocycles. The first-order valence-electron chi connectivity index (χ1n) is 7.30. The van der Waals surface area contributed by atoms with Crippen LogP contribution in [0.5, 0.6) is 11.5 Å². The lowest BCUT2D eigenvalue weighted by Gasteiger charge is -2.17. The van der Waals surface area contributed by atoms with Gasteiger partial charge in [0.15, 0.2) is 12.4 Å². The number of rotatable bonds is 7. The number of amides is 1. The smallest absolute Gasteiger partial charge is 0.271 e. The van der Waals surface area contributed by atoms with Crippen LogP contribution in [0.4, 0.5) is 11.4 Å². The number of nitrogens with one attached hydrogen (secondary N) is 1. The molecule has 1 N–H and O–H groups in total. The van der Waals surface area contributed by atoms with Gasteiger partial charge in [-0.15, -0.1) is 0 Å². The minimum absolute atomic E-state index is 0.154. The summed E-state index contributed by atoms with van der Waals surface area (Å²) in [6, 6.07) is 10.3. The lowest BCUT2D eigenvalue weighted by Crippen LogP contribution is -2.30. The average Bonchev–Trinajstić information content (AvgIpc) is 2.61. The van der Waals surface area contributed by atoms with Crippen LogP contribution in [0.1, 0.15) is 17.3 Å². The predicted octanol–water partition coefficient (Wildman–Crippen LogP) is 2.82. The summed E-state index contributed by atoms with van der Waals surface area (Å²) in [7, 11) is 1.39. The van der Waals surface area contributed by atoms with Crippen molar-refractivity contribution in [2.24, 2.45) is 0 Å². The first kappa shape index (κ1) is 17.9. The summed E-state index contributed by atoms with van der Waals surface area (Å²) >= 11 is 0. The van der Waals surface area contributed by atoms with Crippen molar-refractivity contribution in [2.45, 2.75) is 13.0 Å². The molecule has 130 valence electrons. The van der Waals surface area contributed by atoms with E-state index in [4.69, 9.17) is 9.47 Å². The highest BCUT2D eigenvalue weighted by Crippen LogP contribution is 2.29. The molecular formula is C17H16N2O6. The summed E-state index contributed by atoms with van der Waals surface area (Å²) in [6.07, 6.45) is -0.311. The number of benzene rings is 2. The van der Waals surface area contributed by atoms with Gasteiger partial charge in [0.25, 0.3) is 11.6 Å². The highest BCUT2D eigenvalue weighted by molar-refractivity contribution is 5.96. The quantitative estimate of drug-likeness (QED) is 0.470. The molecule has 0 bridgehead atoms. The number of nitrogens with zero attached hydrogens (tertiary/aromatic N) is 1. The summed E-state index contributed by atoms with van der Waals surface area (Å²) in [5.74, 6) is 0.00472.